The van der Waals surface area contributed by atoms with Gasteiger partial charge in [-0.25, -0.2) is 4.79 Å². The highest BCUT2D eigenvalue weighted by Gasteiger charge is 2.34. The SMILES string of the molecule is CC(C)(C)OC(=O)N1CCC[C@@H]1c1ccc(C(F)(F)F)cc1. The van der Waals surface area contributed by atoms with Crippen molar-refractivity contribution in [2.75, 3.05) is 6.54 Å². The molecule has 1 heterocycles. The van der Waals surface area contributed by atoms with Crippen LogP contribution < -0.4 is 0 Å². The van der Waals surface area contributed by atoms with E-state index >= 15 is 0 Å². The number of rotatable bonds is 1. The summed E-state index contributed by atoms with van der Waals surface area (Å²) in [7, 11) is 0. The van der Waals surface area contributed by atoms with Crippen LogP contribution in [0.5, 0.6) is 0 Å². The summed E-state index contributed by atoms with van der Waals surface area (Å²) < 4.78 is 43.2. The van der Waals surface area contributed by atoms with E-state index in [1.807, 2.05) is 0 Å². The third kappa shape index (κ3) is 3.93. The molecule has 1 aliphatic rings. The van der Waals surface area contributed by atoms with E-state index in [1.54, 1.807) is 25.7 Å². The van der Waals surface area contributed by atoms with E-state index in [2.05, 4.69) is 0 Å². The van der Waals surface area contributed by atoms with Crippen LogP contribution in [0.4, 0.5) is 18.0 Å². The van der Waals surface area contributed by atoms with Crippen molar-refractivity contribution in [3.63, 3.8) is 0 Å². The highest BCUT2D eigenvalue weighted by Crippen LogP contribution is 2.35. The quantitative estimate of drug-likeness (QED) is 0.746. The Morgan fingerprint density at radius 3 is 2.27 bits per heavy atom. The molecule has 0 bridgehead atoms. The van der Waals surface area contributed by atoms with Gasteiger partial charge in [-0.15, -0.1) is 0 Å². The zero-order chi connectivity index (χ0) is 16.5. The molecule has 0 saturated carbocycles. The minimum absolute atomic E-state index is 0.225. The first-order valence-electron chi connectivity index (χ1n) is 7.25. The summed E-state index contributed by atoms with van der Waals surface area (Å²) in [4.78, 5) is 13.8. The predicted octanol–water partition coefficient (Wildman–Crippen LogP) is 4.78. The molecule has 1 aliphatic heterocycles. The van der Waals surface area contributed by atoms with E-state index in [1.165, 1.54) is 12.1 Å². The Morgan fingerprint density at radius 2 is 1.77 bits per heavy atom. The summed E-state index contributed by atoms with van der Waals surface area (Å²) in [6.45, 7) is 5.91. The average Bonchev–Trinajstić information content (AvgIpc) is 2.85. The molecule has 2 rings (SSSR count). The van der Waals surface area contributed by atoms with Gasteiger partial charge in [-0.2, -0.15) is 13.2 Å². The van der Waals surface area contributed by atoms with Crippen LogP contribution in [0.15, 0.2) is 24.3 Å². The predicted molar refractivity (Wildman–Crippen MR) is 76.4 cm³/mol. The molecule has 0 aliphatic carbocycles. The van der Waals surface area contributed by atoms with Crippen LogP contribution in [-0.4, -0.2) is 23.1 Å². The molecule has 1 fully saturated rings. The monoisotopic (exact) mass is 315 g/mol. The van der Waals surface area contributed by atoms with Gasteiger partial charge in [0.2, 0.25) is 0 Å². The topological polar surface area (TPSA) is 29.5 Å². The van der Waals surface area contributed by atoms with Gasteiger partial charge in [0.1, 0.15) is 5.60 Å². The molecule has 0 N–H and O–H groups in total. The third-order valence-electron chi connectivity index (χ3n) is 3.50. The smallest absolute Gasteiger partial charge is 0.416 e. The van der Waals surface area contributed by atoms with Crippen molar-refractivity contribution in [1.29, 1.82) is 0 Å². The molecular weight excluding hydrogens is 295 g/mol. The van der Waals surface area contributed by atoms with E-state index in [-0.39, 0.29) is 6.04 Å². The average molecular weight is 315 g/mol. The highest BCUT2D eigenvalue weighted by molar-refractivity contribution is 5.69. The van der Waals surface area contributed by atoms with Crippen molar-refractivity contribution >= 4 is 6.09 Å². The Bertz CT molecular complexity index is 532. The molecule has 0 unspecified atom stereocenters. The Morgan fingerprint density at radius 1 is 1.18 bits per heavy atom. The molecule has 1 aromatic carbocycles. The number of amides is 1. The molecule has 0 radical (unpaired) electrons. The molecule has 3 nitrogen and oxygen atoms in total. The van der Waals surface area contributed by atoms with Gasteiger partial charge in [-0.05, 0) is 51.3 Å². The third-order valence-corrected chi connectivity index (χ3v) is 3.50. The molecule has 122 valence electrons. The number of ether oxygens (including phenoxy) is 1. The highest BCUT2D eigenvalue weighted by atomic mass is 19.4. The fourth-order valence-electron chi connectivity index (χ4n) is 2.55. The van der Waals surface area contributed by atoms with E-state index in [0.29, 0.717) is 12.1 Å². The minimum Gasteiger partial charge on any atom is -0.444 e. The normalized spacial score (nSPS) is 19.4. The lowest BCUT2D eigenvalue weighted by Gasteiger charge is -2.29. The number of hydrogen-bond acceptors (Lipinski definition) is 2. The van der Waals surface area contributed by atoms with Gasteiger partial charge >= 0.3 is 12.3 Å². The van der Waals surface area contributed by atoms with Crippen molar-refractivity contribution in [2.24, 2.45) is 0 Å². The largest absolute Gasteiger partial charge is 0.444 e. The summed E-state index contributed by atoms with van der Waals surface area (Å²) in [6.07, 6.45) is -3.23. The summed E-state index contributed by atoms with van der Waals surface area (Å²) in [5, 5.41) is 0. The van der Waals surface area contributed by atoms with Crippen LogP contribution >= 0.6 is 0 Å². The van der Waals surface area contributed by atoms with Gasteiger partial charge in [0.15, 0.2) is 0 Å². The summed E-state index contributed by atoms with van der Waals surface area (Å²) in [5.74, 6) is 0. The van der Waals surface area contributed by atoms with Crippen molar-refractivity contribution in [2.45, 2.75) is 51.4 Å². The van der Waals surface area contributed by atoms with Crippen LogP contribution in [0, 0.1) is 0 Å². The number of nitrogens with zero attached hydrogens (tertiary/aromatic N) is 1. The van der Waals surface area contributed by atoms with Crippen molar-refractivity contribution in [1.82, 2.24) is 4.90 Å². The second kappa shape index (κ2) is 5.82. The number of hydrogen-bond donors (Lipinski definition) is 0. The number of alkyl halides is 3. The van der Waals surface area contributed by atoms with Crippen LogP contribution in [0.2, 0.25) is 0 Å². The summed E-state index contributed by atoms with van der Waals surface area (Å²) in [6, 6.07) is 4.77. The van der Waals surface area contributed by atoms with E-state index in [9.17, 15) is 18.0 Å². The molecule has 1 amide bonds. The maximum atomic E-state index is 12.6. The van der Waals surface area contributed by atoms with Gasteiger partial charge in [0, 0.05) is 6.54 Å². The Hall–Kier alpha value is -1.72. The van der Waals surface area contributed by atoms with Gasteiger partial charge in [-0.1, -0.05) is 12.1 Å². The zero-order valence-electron chi connectivity index (χ0n) is 12.9. The number of likely N-dealkylation sites (tertiary alicyclic amines) is 1. The van der Waals surface area contributed by atoms with Gasteiger partial charge in [0.05, 0.1) is 11.6 Å². The Kier molecular flexibility index (Phi) is 4.40. The number of carbonyl (C=O) groups excluding carboxylic acids is 1. The maximum Gasteiger partial charge on any atom is 0.416 e. The van der Waals surface area contributed by atoms with Gasteiger partial charge < -0.3 is 9.64 Å². The summed E-state index contributed by atoms with van der Waals surface area (Å²) >= 11 is 0. The lowest BCUT2D eigenvalue weighted by Crippen LogP contribution is -2.36. The molecule has 1 saturated heterocycles. The molecule has 1 aromatic rings. The second-order valence-corrected chi connectivity index (χ2v) is 6.45. The number of carbonyl (C=O) groups is 1. The van der Waals surface area contributed by atoms with Gasteiger partial charge in [0.25, 0.3) is 0 Å². The van der Waals surface area contributed by atoms with E-state index in [4.69, 9.17) is 4.74 Å². The first-order valence-corrected chi connectivity index (χ1v) is 7.25. The summed E-state index contributed by atoms with van der Waals surface area (Å²) in [5.41, 5.74) is -0.570. The van der Waals surface area contributed by atoms with Crippen molar-refractivity contribution in [3.05, 3.63) is 35.4 Å². The molecule has 0 aromatic heterocycles. The number of benzene rings is 1. The standard InChI is InChI=1S/C16H20F3NO2/c1-15(2,3)22-14(21)20-10-4-5-13(20)11-6-8-12(9-7-11)16(17,18)19/h6-9,13H,4-5,10H2,1-3H3/t13-/m1/s1. The lowest BCUT2D eigenvalue weighted by atomic mass is 10.0. The first-order chi connectivity index (χ1) is 10.1. The Balaban J connectivity index is 2.15. The van der Waals surface area contributed by atoms with Crippen molar-refractivity contribution in [3.8, 4) is 0 Å². The van der Waals surface area contributed by atoms with Crippen LogP contribution in [0.3, 0.4) is 0 Å². The first kappa shape index (κ1) is 16.6. The Labute approximate surface area is 128 Å². The van der Waals surface area contributed by atoms with E-state index in [0.717, 1.165) is 25.0 Å². The molecule has 6 heteroatoms. The fraction of sp³-hybridized carbons (Fsp3) is 0.562. The zero-order valence-corrected chi connectivity index (χ0v) is 12.9. The maximum absolute atomic E-state index is 12.6. The van der Waals surface area contributed by atoms with Gasteiger partial charge in [-0.3, -0.25) is 0 Å². The van der Waals surface area contributed by atoms with Crippen molar-refractivity contribution < 1.29 is 22.7 Å². The van der Waals surface area contributed by atoms with E-state index < -0.39 is 23.4 Å². The fourth-order valence-corrected chi connectivity index (χ4v) is 2.55. The number of halogens is 3. The molecule has 0 spiro atoms. The molecule has 1 atom stereocenters. The van der Waals surface area contributed by atoms with Crippen LogP contribution in [0.25, 0.3) is 0 Å². The molecular formula is C16H20F3NO2. The second-order valence-electron chi connectivity index (χ2n) is 6.45. The lowest BCUT2D eigenvalue weighted by molar-refractivity contribution is -0.137. The minimum atomic E-state index is -4.35. The van der Waals surface area contributed by atoms with Crippen LogP contribution in [-0.2, 0) is 10.9 Å². The molecule has 22 heavy (non-hydrogen) atoms. The van der Waals surface area contributed by atoms with Crippen LogP contribution in [0.1, 0.15) is 50.8 Å².